The third-order valence-corrected chi connectivity index (χ3v) is 9.49. The normalized spacial score (nSPS) is 18.0. The standard InChI is InChI=1S/C23H23N11O10S3/c1-23(2,20(41)42)44-28-12(15-26-21(24)47-29-15)16(37)25-13-17(38)34-14(19(39)40)8(6-45-18(13)34)7-46-22-27-30-31-32(22)4-9-3-10(35)11(36)5-33(9)43/h3,5,13,18,36,43H,4,6-7H2,1-2H3,(H,25,37)(H,39,40)(H,41,42)(H2,24,26,29)/b28-12-/t13-,18+/m1/s1. The minimum Gasteiger partial charge on any atom is -0.503 e. The highest BCUT2D eigenvalue weighted by atomic mass is 32.2. The number of pyridine rings is 1. The van der Waals surface area contributed by atoms with Crippen LogP contribution in [0.3, 0.4) is 0 Å². The maximum absolute atomic E-state index is 13.2. The van der Waals surface area contributed by atoms with Gasteiger partial charge in [-0.15, -0.1) is 16.9 Å². The van der Waals surface area contributed by atoms with E-state index in [1.165, 1.54) is 30.3 Å². The van der Waals surface area contributed by atoms with Gasteiger partial charge in [0.1, 0.15) is 17.1 Å². The highest BCUT2D eigenvalue weighted by Crippen LogP contribution is 2.41. The molecule has 0 bridgehead atoms. The number of amides is 2. The molecule has 2 aliphatic rings. The lowest BCUT2D eigenvalue weighted by atomic mass is 10.0. The van der Waals surface area contributed by atoms with Crippen LogP contribution < -0.4 is 16.5 Å². The molecule has 21 nitrogen and oxygen atoms in total. The lowest BCUT2D eigenvalue weighted by Crippen LogP contribution is -2.71. The molecule has 3 aromatic rings. The van der Waals surface area contributed by atoms with Crippen LogP contribution in [0.4, 0.5) is 5.13 Å². The molecule has 1 saturated heterocycles. The molecule has 47 heavy (non-hydrogen) atoms. The third-order valence-electron chi connectivity index (χ3n) is 6.56. The predicted molar refractivity (Wildman–Crippen MR) is 161 cm³/mol. The van der Waals surface area contributed by atoms with Crippen LogP contribution in [0, 0.1) is 0 Å². The molecule has 248 valence electrons. The number of tetrazole rings is 1. The molecule has 3 aromatic heterocycles. The Kier molecular flexibility index (Phi) is 9.08. The number of nitrogens with two attached hydrogens (primary N) is 1. The zero-order valence-corrected chi connectivity index (χ0v) is 26.4. The molecule has 24 heteroatoms. The molecule has 5 rings (SSSR count). The quantitative estimate of drug-likeness (QED) is 0.0404. The van der Waals surface area contributed by atoms with Crippen LogP contribution in [0.15, 0.2) is 38.6 Å². The maximum Gasteiger partial charge on any atom is 0.352 e. The zero-order valence-electron chi connectivity index (χ0n) is 24.0. The Morgan fingerprint density at radius 3 is 2.68 bits per heavy atom. The second-order valence-corrected chi connectivity index (χ2v) is 13.0. The summed E-state index contributed by atoms with van der Waals surface area (Å²) in [5.74, 6) is -5.22. The molecule has 0 aliphatic carbocycles. The number of carbonyl (C=O) groups excluding carboxylic acids is 2. The fraction of sp³-hybridized carbons (Fsp3) is 0.348. The Labute approximate surface area is 274 Å². The fourth-order valence-electron chi connectivity index (χ4n) is 4.09. The third kappa shape index (κ3) is 6.68. The Morgan fingerprint density at radius 1 is 1.28 bits per heavy atom. The van der Waals surface area contributed by atoms with Gasteiger partial charge in [-0.05, 0) is 29.8 Å². The number of aromatic nitrogens is 7. The number of oxime groups is 1. The van der Waals surface area contributed by atoms with Crippen LogP contribution in [0.5, 0.6) is 5.75 Å². The van der Waals surface area contributed by atoms with Gasteiger partial charge in [-0.3, -0.25) is 19.3 Å². The molecule has 0 spiro atoms. The molecular weight excluding hydrogens is 687 g/mol. The predicted octanol–water partition coefficient (Wildman–Crippen LogP) is -1.63. The van der Waals surface area contributed by atoms with Gasteiger partial charge in [0.2, 0.25) is 27.7 Å². The summed E-state index contributed by atoms with van der Waals surface area (Å²) in [6.07, 6.45) is 0.821. The average molecular weight is 710 g/mol. The Hall–Kier alpha value is -5.23. The molecule has 0 saturated carbocycles. The van der Waals surface area contributed by atoms with E-state index in [1.807, 2.05) is 0 Å². The number of hydrogen-bond donors (Lipinski definition) is 6. The van der Waals surface area contributed by atoms with E-state index in [9.17, 15) is 44.5 Å². The van der Waals surface area contributed by atoms with Gasteiger partial charge in [0.15, 0.2) is 10.9 Å². The number of nitrogens with zero attached hydrogens (tertiary/aromatic N) is 9. The lowest BCUT2D eigenvalue weighted by Gasteiger charge is -2.49. The van der Waals surface area contributed by atoms with Crippen LogP contribution in [-0.2, 0) is 30.6 Å². The monoisotopic (exact) mass is 709 g/mol. The number of carbonyl (C=O) groups is 4. The van der Waals surface area contributed by atoms with Crippen LogP contribution in [0.25, 0.3) is 0 Å². The number of anilines is 1. The molecular formula is C23H23N11O10S3. The molecule has 7 N–H and O–H groups in total. The lowest BCUT2D eigenvalue weighted by molar-refractivity contribution is -0.161. The summed E-state index contributed by atoms with van der Waals surface area (Å²) in [4.78, 5) is 72.0. The van der Waals surface area contributed by atoms with Gasteiger partial charge >= 0.3 is 11.9 Å². The number of nitrogen functional groups attached to an aromatic ring is 1. The van der Waals surface area contributed by atoms with E-state index < -0.39 is 57.7 Å². The molecule has 0 radical (unpaired) electrons. The van der Waals surface area contributed by atoms with Gasteiger partial charge in [0.05, 0.1) is 18.4 Å². The first kappa shape index (κ1) is 33.1. The Morgan fingerprint density at radius 2 is 2.02 bits per heavy atom. The van der Waals surface area contributed by atoms with Gasteiger partial charge in [-0.2, -0.15) is 14.1 Å². The van der Waals surface area contributed by atoms with Crippen LogP contribution in [-0.4, -0.2) is 118 Å². The highest BCUT2D eigenvalue weighted by molar-refractivity contribution is 8.01. The SMILES string of the molecule is CC(C)(O/N=C(\C(=O)N[C@@H]1C(=O)N2C(C(=O)O)=C(CSc3nnnn3Cc3cc(=O)c(O)cn3O)CS[C@@H]12)c1nsc(N)n1)C(=O)O. The van der Waals surface area contributed by atoms with Crippen molar-refractivity contribution in [1.82, 2.24) is 44.5 Å². The highest BCUT2D eigenvalue weighted by Gasteiger charge is 2.54. The molecule has 1 fully saturated rings. The smallest absolute Gasteiger partial charge is 0.352 e. The molecule has 2 aliphatic heterocycles. The van der Waals surface area contributed by atoms with Gasteiger partial charge in [0.25, 0.3) is 11.8 Å². The molecule has 0 aromatic carbocycles. The van der Waals surface area contributed by atoms with Crippen molar-refractivity contribution < 1.29 is 44.5 Å². The van der Waals surface area contributed by atoms with E-state index in [0.717, 1.165) is 40.5 Å². The number of hydrogen-bond acceptors (Lipinski definition) is 18. The summed E-state index contributed by atoms with van der Waals surface area (Å²) in [6.45, 7) is 2.23. The Balaban J connectivity index is 1.30. The fourth-order valence-corrected chi connectivity index (χ4v) is 6.89. The van der Waals surface area contributed by atoms with E-state index in [2.05, 4.69) is 35.4 Å². The summed E-state index contributed by atoms with van der Waals surface area (Å²) in [6, 6.07) is -0.181. The van der Waals surface area contributed by atoms with Crippen molar-refractivity contribution in [3.8, 4) is 5.75 Å². The van der Waals surface area contributed by atoms with Gasteiger partial charge < -0.3 is 36.4 Å². The summed E-state index contributed by atoms with van der Waals surface area (Å²) >= 11 is 2.96. The summed E-state index contributed by atoms with van der Waals surface area (Å²) in [7, 11) is 0. The second-order valence-electron chi connectivity index (χ2n) is 10.2. The van der Waals surface area contributed by atoms with E-state index in [1.54, 1.807) is 0 Å². The first-order chi connectivity index (χ1) is 22.2. The van der Waals surface area contributed by atoms with Crippen LogP contribution >= 0.6 is 35.1 Å². The topological polar surface area (TPSA) is 303 Å². The number of carboxylic acid groups (broad SMARTS) is 2. The Bertz CT molecular complexity index is 1900. The van der Waals surface area contributed by atoms with Gasteiger partial charge in [-0.1, -0.05) is 16.9 Å². The number of fused-ring (bicyclic) bond motifs is 1. The first-order valence-electron chi connectivity index (χ1n) is 13.0. The second kappa shape index (κ2) is 12.9. The summed E-state index contributed by atoms with van der Waals surface area (Å²) in [5, 5.41) is 55.6. The number of thioether (sulfide) groups is 2. The molecule has 0 unspecified atom stereocenters. The van der Waals surface area contributed by atoms with Crippen molar-refractivity contribution in [2.24, 2.45) is 5.16 Å². The van der Waals surface area contributed by atoms with E-state index in [-0.39, 0.29) is 45.6 Å². The maximum atomic E-state index is 13.2. The van der Waals surface area contributed by atoms with Crippen LogP contribution in [0.1, 0.15) is 25.4 Å². The largest absolute Gasteiger partial charge is 0.503 e. The summed E-state index contributed by atoms with van der Waals surface area (Å²) < 4.78 is 5.70. The van der Waals surface area contributed by atoms with Gasteiger partial charge in [0, 0.05) is 29.1 Å². The molecule has 5 heterocycles. The first-order valence-corrected chi connectivity index (χ1v) is 15.8. The van der Waals surface area contributed by atoms with Crippen LogP contribution in [0.2, 0.25) is 0 Å². The molecule has 2 atom stereocenters. The van der Waals surface area contributed by atoms with Crippen molar-refractivity contribution in [1.29, 1.82) is 0 Å². The van der Waals surface area contributed by atoms with Crippen molar-refractivity contribution >= 4 is 69.7 Å². The van der Waals surface area contributed by atoms with E-state index in [0.29, 0.717) is 10.3 Å². The van der Waals surface area contributed by atoms with Crippen molar-refractivity contribution in [2.75, 3.05) is 17.2 Å². The average Bonchev–Trinajstić information content (AvgIpc) is 3.65. The van der Waals surface area contributed by atoms with E-state index >= 15 is 0 Å². The minimum absolute atomic E-state index is 0.0172. The van der Waals surface area contributed by atoms with Crippen molar-refractivity contribution in [3.05, 3.63) is 45.3 Å². The summed E-state index contributed by atoms with van der Waals surface area (Å²) in [5.41, 5.74) is 2.64. The molecule has 2 amide bonds. The number of nitrogens with one attached hydrogen (secondary N) is 1. The number of aromatic hydroxyl groups is 1. The van der Waals surface area contributed by atoms with Crippen molar-refractivity contribution in [3.63, 3.8) is 0 Å². The zero-order chi connectivity index (χ0) is 34.2. The number of aliphatic carboxylic acids is 2. The van der Waals surface area contributed by atoms with E-state index in [4.69, 9.17) is 10.6 Å². The minimum atomic E-state index is -1.83. The van der Waals surface area contributed by atoms with Gasteiger partial charge in [-0.25, -0.2) is 14.3 Å². The number of rotatable bonds is 12. The van der Waals surface area contributed by atoms with Crippen molar-refractivity contribution in [2.45, 2.75) is 42.6 Å². The number of carboxylic acids is 2. The number of β-lactam (4-membered cyclic amide) rings is 1.